The van der Waals surface area contributed by atoms with E-state index in [1.807, 2.05) is 6.92 Å². The third kappa shape index (κ3) is 1.33. The highest BCUT2D eigenvalue weighted by molar-refractivity contribution is 5.81. The topological polar surface area (TPSA) is 108 Å². The van der Waals surface area contributed by atoms with Crippen molar-refractivity contribution >= 4 is 17.0 Å². The summed E-state index contributed by atoms with van der Waals surface area (Å²) in [5, 5.41) is 9.61. The van der Waals surface area contributed by atoms with Crippen LogP contribution in [0.1, 0.15) is 13.2 Å². The Morgan fingerprint density at radius 3 is 3.10 bits per heavy atom. The molecule has 2 aliphatic rings. The molecule has 8 heteroatoms. The summed E-state index contributed by atoms with van der Waals surface area (Å²) in [7, 11) is 0. The van der Waals surface area contributed by atoms with Crippen LogP contribution in [0.25, 0.3) is 11.2 Å². The fourth-order valence-corrected chi connectivity index (χ4v) is 3.09. The Morgan fingerprint density at radius 2 is 2.35 bits per heavy atom. The summed E-state index contributed by atoms with van der Waals surface area (Å²) in [4.78, 5) is 12.4. The smallest absolute Gasteiger partial charge is 0.167 e. The van der Waals surface area contributed by atoms with Gasteiger partial charge in [0.1, 0.15) is 23.5 Å². The summed E-state index contributed by atoms with van der Waals surface area (Å²) in [6.45, 7) is 2.37. The molecule has 4 atom stereocenters. The van der Waals surface area contributed by atoms with Gasteiger partial charge in [-0.25, -0.2) is 15.0 Å². The lowest BCUT2D eigenvalue weighted by molar-refractivity contribution is -0.183. The molecule has 2 unspecified atom stereocenters. The van der Waals surface area contributed by atoms with E-state index in [-0.39, 0.29) is 24.9 Å². The van der Waals surface area contributed by atoms with E-state index in [1.54, 1.807) is 10.9 Å². The minimum atomic E-state index is -0.634. The first-order valence-corrected chi connectivity index (χ1v) is 6.49. The summed E-state index contributed by atoms with van der Waals surface area (Å²) >= 11 is 0. The van der Waals surface area contributed by atoms with Gasteiger partial charge in [0.15, 0.2) is 17.7 Å². The molecule has 0 aliphatic carbocycles. The number of anilines is 1. The maximum atomic E-state index is 9.61. The number of aliphatic hydroxyl groups is 1. The summed E-state index contributed by atoms with van der Waals surface area (Å²) in [5.74, 6) is 0.442. The molecule has 3 N–H and O–H groups in total. The zero-order valence-electron chi connectivity index (χ0n) is 10.9. The first kappa shape index (κ1) is 12.0. The second kappa shape index (κ2) is 3.87. The summed E-state index contributed by atoms with van der Waals surface area (Å²) in [5.41, 5.74) is 6.31. The van der Waals surface area contributed by atoms with E-state index in [9.17, 15) is 5.11 Å². The molecular formula is C12H15N5O3. The molecule has 0 amide bonds. The van der Waals surface area contributed by atoms with Crippen LogP contribution in [0, 0.1) is 5.92 Å². The molecule has 2 saturated heterocycles. The highest BCUT2D eigenvalue weighted by atomic mass is 16.6. The standard InChI is InChI=1S/C12H15N5O3/c1-6-8-11(20-12(6,2-18)3-19-8)17-5-16-7-9(13)14-4-15-10(7)17/h4-6,8,11,18H,2-3H2,1H3,(H2,13,14,15)/t6?,8?,11-,12+/m1/s1. The summed E-state index contributed by atoms with van der Waals surface area (Å²) in [6, 6.07) is 0. The van der Waals surface area contributed by atoms with Gasteiger partial charge < -0.3 is 20.3 Å². The maximum Gasteiger partial charge on any atom is 0.167 e. The predicted octanol–water partition coefficient (Wildman–Crippen LogP) is -0.297. The van der Waals surface area contributed by atoms with E-state index < -0.39 is 5.60 Å². The molecule has 2 fully saturated rings. The fourth-order valence-electron chi connectivity index (χ4n) is 3.09. The zero-order chi connectivity index (χ0) is 13.9. The van der Waals surface area contributed by atoms with E-state index in [2.05, 4.69) is 15.0 Å². The number of imidazole rings is 1. The highest BCUT2D eigenvalue weighted by Gasteiger charge is 2.59. The van der Waals surface area contributed by atoms with Crippen LogP contribution in [0.2, 0.25) is 0 Å². The molecule has 2 aromatic heterocycles. The van der Waals surface area contributed by atoms with Gasteiger partial charge in [0, 0.05) is 5.92 Å². The van der Waals surface area contributed by atoms with Crippen molar-refractivity contribution in [3.63, 3.8) is 0 Å². The molecule has 2 aliphatic heterocycles. The molecule has 0 spiro atoms. The lowest BCUT2D eigenvalue weighted by Gasteiger charge is -2.30. The Kier molecular flexibility index (Phi) is 2.33. The van der Waals surface area contributed by atoms with Gasteiger partial charge >= 0.3 is 0 Å². The van der Waals surface area contributed by atoms with Crippen molar-refractivity contribution in [2.24, 2.45) is 5.92 Å². The first-order valence-electron chi connectivity index (χ1n) is 6.49. The quantitative estimate of drug-likeness (QED) is 0.776. The molecule has 8 nitrogen and oxygen atoms in total. The molecule has 0 radical (unpaired) electrons. The number of nitrogens with two attached hydrogens (primary N) is 1. The number of hydrogen-bond acceptors (Lipinski definition) is 7. The Bertz CT molecular complexity index is 674. The largest absolute Gasteiger partial charge is 0.393 e. The fraction of sp³-hybridized carbons (Fsp3) is 0.583. The van der Waals surface area contributed by atoms with Gasteiger partial charge in [-0.3, -0.25) is 4.57 Å². The van der Waals surface area contributed by atoms with E-state index in [1.165, 1.54) is 6.33 Å². The van der Waals surface area contributed by atoms with Crippen LogP contribution in [0.15, 0.2) is 12.7 Å². The van der Waals surface area contributed by atoms with Crippen molar-refractivity contribution < 1.29 is 14.6 Å². The van der Waals surface area contributed by atoms with Crippen LogP contribution in [0.5, 0.6) is 0 Å². The van der Waals surface area contributed by atoms with Gasteiger partial charge in [0.25, 0.3) is 0 Å². The van der Waals surface area contributed by atoms with Gasteiger partial charge in [-0.05, 0) is 0 Å². The number of nitrogens with zero attached hydrogens (tertiary/aromatic N) is 4. The van der Waals surface area contributed by atoms with Crippen LogP contribution < -0.4 is 5.73 Å². The molecule has 4 rings (SSSR count). The average molecular weight is 277 g/mol. The first-order chi connectivity index (χ1) is 9.66. The van der Waals surface area contributed by atoms with E-state index in [0.29, 0.717) is 23.6 Å². The minimum absolute atomic E-state index is 0.0646. The average Bonchev–Trinajstić information content (AvgIpc) is 3.10. The molecule has 2 aromatic rings. The van der Waals surface area contributed by atoms with Crippen LogP contribution >= 0.6 is 0 Å². The summed E-state index contributed by atoms with van der Waals surface area (Å²) < 4.78 is 13.6. The van der Waals surface area contributed by atoms with Gasteiger partial charge in [-0.15, -0.1) is 0 Å². The Hall–Kier alpha value is -1.77. The molecule has 106 valence electrons. The SMILES string of the molecule is CC1C2OC[C@]1(CO)O[C@H]2n1cnc2c(N)ncnc21. The molecule has 4 heterocycles. The maximum absolute atomic E-state index is 9.61. The number of ether oxygens (including phenoxy) is 2. The van der Waals surface area contributed by atoms with Crippen molar-refractivity contribution in [2.45, 2.75) is 24.9 Å². The molecule has 0 aromatic carbocycles. The van der Waals surface area contributed by atoms with Crippen molar-refractivity contribution in [3.05, 3.63) is 12.7 Å². The Morgan fingerprint density at radius 1 is 1.50 bits per heavy atom. The van der Waals surface area contributed by atoms with Crippen LogP contribution in [0.4, 0.5) is 5.82 Å². The van der Waals surface area contributed by atoms with Gasteiger partial charge in [0.2, 0.25) is 0 Å². The lowest BCUT2D eigenvalue weighted by atomic mass is 9.91. The van der Waals surface area contributed by atoms with Crippen molar-refractivity contribution in [2.75, 3.05) is 18.9 Å². The van der Waals surface area contributed by atoms with Crippen molar-refractivity contribution in [1.29, 1.82) is 0 Å². The molecular weight excluding hydrogens is 262 g/mol. The second-order valence-corrected chi connectivity index (χ2v) is 5.38. The number of hydrogen-bond donors (Lipinski definition) is 2. The number of aromatic nitrogens is 4. The number of nitrogen functional groups attached to an aromatic ring is 1. The van der Waals surface area contributed by atoms with Crippen LogP contribution in [0.3, 0.4) is 0 Å². The van der Waals surface area contributed by atoms with Crippen LogP contribution in [-0.2, 0) is 9.47 Å². The number of rotatable bonds is 2. The van der Waals surface area contributed by atoms with E-state index >= 15 is 0 Å². The highest BCUT2D eigenvalue weighted by Crippen LogP contribution is 2.49. The van der Waals surface area contributed by atoms with E-state index in [0.717, 1.165) is 0 Å². The normalized spacial score (nSPS) is 36.0. The van der Waals surface area contributed by atoms with Gasteiger partial charge in [-0.2, -0.15) is 0 Å². The van der Waals surface area contributed by atoms with Crippen molar-refractivity contribution in [3.8, 4) is 0 Å². The number of aliphatic hydroxyl groups excluding tert-OH is 1. The van der Waals surface area contributed by atoms with Gasteiger partial charge in [-0.1, -0.05) is 6.92 Å². The van der Waals surface area contributed by atoms with Gasteiger partial charge in [0.05, 0.1) is 19.5 Å². The lowest BCUT2D eigenvalue weighted by Crippen LogP contribution is -2.40. The van der Waals surface area contributed by atoms with Crippen LogP contribution in [-0.4, -0.2) is 49.5 Å². The predicted molar refractivity (Wildman–Crippen MR) is 68.6 cm³/mol. The summed E-state index contributed by atoms with van der Waals surface area (Å²) in [6.07, 6.45) is 2.54. The minimum Gasteiger partial charge on any atom is -0.393 e. The Balaban J connectivity index is 1.80. The third-order valence-corrected chi connectivity index (χ3v) is 4.41. The van der Waals surface area contributed by atoms with Crippen molar-refractivity contribution in [1.82, 2.24) is 19.5 Å². The molecule has 20 heavy (non-hydrogen) atoms. The Labute approximate surface area is 114 Å². The molecule has 0 saturated carbocycles. The molecule has 2 bridgehead atoms. The zero-order valence-corrected chi connectivity index (χ0v) is 10.9. The number of fused-ring (bicyclic) bond motifs is 3. The third-order valence-electron chi connectivity index (χ3n) is 4.41. The van der Waals surface area contributed by atoms with E-state index in [4.69, 9.17) is 15.2 Å². The monoisotopic (exact) mass is 277 g/mol. The second-order valence-electron chi connectivity index (χ2n) is 5.38.